The number of nitrogens with zero attached hydrogens (tertiary/aromatic N) is 4. The largest absolute Gasteiger partial charge is 0.384 e. The summed E-state index contributed by atoms with van der Waals surface area (Å²) < 4.78 is 4.73. The van der Waals surface area contributed by atoms with Crippen LogP contribution in [0.1, 0.15) is 12.7 Å². The zero-order valence-corrected chi connectivity index (χ0v) is 11.0. The molecule has 0 amide bonds. The van der Waals surface area contributed by atoms with E-state index in [4.69, 9.17) is 5.73 Å². The molecular weight excluding hydrogens is 274 g/mol. The topological polar surface area (TPSA) is 108 Å². The van der Waals surface area contributed by atoms with E-state index in [1.807, 2.05) is 6.92 Å². The maximum atomic E-state index is 10.9. The summed E-state index contributed by atoms with van der Waals surface area (Å²) in [6, 6.07) is 2.74. The third kappa shape index (κ3) is 2.74. The predicted octanol–water partition coefficient (Wildman–Crippen LogP) is 2.14. The Balaban J connectivity index is 2.32. The summed E-state index contributed by atoms with van der Waals surface area (Å²) >= 11 is 2.30. The third-order valence-electron chi connectivity index (χ3n) is 2.01. The van der Waals surface area contributed by atoms with Crippen molar-refractivity contribution in [2.75, 3.05) is 5.73 Å². The minimum absolute atomic E-state index is 0.0811. The molecule has 2 N–H and O–H groups in total. The number of nitrogen functional groups attached to an aromatic ring is 1. The molecule has 0 aromatic carbocycles. The van der Waals surface area contributed by atoms with Crippen molar-refractivity contribution in [1.29, 1.82) is 0 Å². The summed E-state index contributed by atoms with van der Waals surface area (Å²) in [5.74, 6) is 0.956. The minimum atomic E-state index is -0.490. The zero-order chi connectivity index (χ0) is 13.1. The van der Waals surface area contributed by atoms with Crippen molar-refractivity contribution < 1.29 is 4.92 Å². The van der Waals surface area contributed by atoms with Crippen molar-refractivity contribution in [3.63, 3.8) is 0 Å². The van der Waals surface area contributed by atoms with E-state index in [9.17, 15) is 10.1 Å². The highest BCUT2D eigenvalue weighted by atomic mass is 32.2. The Morgan fingerprint density at radius 3 is 2.89 bits per heavy atom. The van der Waals surface area contributed by atoms with E-state index in [0.29, 0.717) is 10.2 Å². The smallest absolute Gasteiger partial charge is 0.301 e. The maximum absolute atomic E-state index is 10.9. The molecule has 0 radical (unpaired) electrons. The Hall–Kier alpha value is -1.74. The number of nitrogens with two attached hydrogens (primary N) is 1. The van der Waals surface area contributed by atoms with Gasteiger partial charge < -0.3 is 5.73 Å². The number of aryl methyl sites for hydroxylation is 1. The zero-order valence-electron chi connectivity index (χ0n) is 9.36. The third-order valence-corrected chi connectivity index (χ3v) is 3.79. The molecule has 0 unspecified atom stereocenters. The second-order valence-electron chi connectivity index (χ2n) is 3.25. The lowest BCUT2D eigenvalue weighted by molar-refractivity contribution is -0.388. The van der Waals surface area contributed by atoms with Crippen molar-refractivity contribution in [2.24, 2.45) is 0 Å². The summed E-state index contributed by atoms with van der Waals surface area (Å²) in [6.07, 6.45) is 0.726. The first-order valence-corrected chi connectivity index (χ1v) is 6.60. The predicted molar refractivity (Wildman–Crippen MR) is 68.7 cm³/mol. The fourth-order valence-corrected chi connectivity index (χ4v) is 2.88. The van der Waals surface area contributed by atoms with Crippen LogP contribution in [0.15, 0.2) is 21.5 Å². The molecule has 0 bridgehead atoms. The quantitative estimate of drug-likeness (QED) is 0.676. The van der Waals surface area contributed by atoms with Gasteiger partial charge in [0.05, 0.1) is 4.92 Å². The van der Waals surface area contributed by atoms with E-state index in [1.165, 1.54) is 23.7 Å². The number of nitro groups is 1. The lowest BCUT2D eigenvalue weighted by atomic mass is 10.4. The fraction of sp³-hybridized carbons (Fsp3) is 0.222. The molecule has 0 fully saturated rings. The number of hydrogen-bond donors (Lipinski definition) is 1. The van der Waals surface area contributed by atoms with Gasteiger partial charge in [0.1, 0.15) is 11.6 Å². The van der Waals surface area contributed by atoms with Gasteiger partial charge in [-0.3, -0.25) is 10.1 Å². The first-order valence-electron chi connectivity index (χ1n) is 5.01. The number of rotatable bonds is 4. The van der Waals surface area contributed by atoms with E-state index >= 15 is 0 Å². The monoisotopic (exact) mass is 283 g/mol. The van der Waals surface area contributed by atoms with Crippen molar-refractivity contribution in [3.8, 4) is 0 Å². The molecule has 0 saturated carbocycles. The van der Waals surface area contributed by atoms with E-state index in [0.717, 1.165) is 18.2 Å². The van der Waals surface area contributed by atoms with E-state index in [2.05, 4.69) is 14.3 Å². The van der Waals surface area contributed by atoms with Gasteiger partial charge in [0, 0.05) is 12.5 Å². The number of aromatic nitrogens is 3. The highest BCUT2D eigenvalue weighted by Crippen LogP contribution is 2.34. The Labute approximate surface area is 111 Å². The summed E-state index contributed by atoms with van der Waals surface area (Å²) in [5.41, 5.74) is 5.45. The summed E-state index contributed by atoms with van der Waals surface area (Å²) in [5, 5.41) is 11.1. The van der Waals surface area contributed by atoms with Crippen LogP contribution in [0.25, 0.3) is 0 Å². The van der Waals surface area contributed by atoms with Crippen molar-refractivity contribution in [3.05, 3.63) is 28.1 Å². The molecule has 2 heterocycles. The molecule has 0 aliphatic carbocycles. The van der Waals surface area contributed by atoms with E-state index in [-0.39, 0.29) is 16.5 Å². The second kappa shape index (κ2) is 5.27. The molecule has 2 aromatic rings. The normalized spacial score (nSPS) is 10.5. The Bertz CT molecular complexity index is 586. The van der Waals surface area contributed by atoms with Crippen LogP contribution in [0.2, 0.25) is 0 Å². The Kier molecular flexibility index (Phi) is 3.72. The van der Waals surface area contributed by atoms with Crippen LogP contribution in [0, 0.1) is 10.1 Å². The summed E-state index contributed by atoms with van der Waals surface area (Å²) in [7, 11) is 0. The average Bonchev–Trinajstić information content (AvgIpc) is 2.76. The first-order chi connectivity index (χ1) is 8.60. The van der Waals surface area contributed by atoms with Gasteiger partial charge in [0.2, 0.25) is 0 Å². The van der Waals surface area contributed by atoms with Gasteiger partial charge in [-0.05, 0) is 29.4 Å². The van der Waals surface area contributed by atoms with Gasteiger partial charge in [-0.1, -0.05) is 6.92 Å². The first kappa shape index (κ1) is 12.7. The SMILES string of the molecule is CCc1nsc(Sc2nc(N)ccc2[N+](=O)[O-])n1. The van der Waals surface area contributed by atoms with Gasteiger partial charge in [0.15, 0.2) is 9.37 Å². The molecule has 0 saturated heterocycles. The maximum Gasteiger partial charge on any atom is 0.301 e. The van der Waals surface area contributed by atoms with Crippen LogP contribution < -0.4 is 5.73 Å². The molecular formula is C9H9N5O2S2. The molecule has 2 aromatic heterocycles. The molecule has 2 rings (SSSR count). The summed E-state index contributed by atoms with van der Waals surface area (Å²) in [6.45, 7) is 1.94. The molecule has 7 nitrogen and oxygen atoms in total. The van der Waals surface area contributed by atoms with Crippen molar-refractivity contribution in [2.45, 2.75) is 22.7 Å². The van der Waals surface area contributed by atoms with Crippen LogP contribution >= 0.6 is 23.3 Å². The van der Waals surface area contributed by atoms with Gasteiger partial charge in [0.25, 0.3) is 0 Å². The Morgan fingerprint density at radius 1 is 1.50 bits per heavy atom. The van der Waals surface area contributed by atoms with Crippen LogP contribution in [0.4, 0.5) is 11.5 Å². The van der Waals surface area contributed by atoms with E-state index < -0.39 is 4.92 Å². The number of pyridine rings is 1. The van der Waals surface area contributed by atoms with Crippen LogP contribution in [-0.4, -0.2) is 19.3 Å². The van der Waals surface area contributed by atoms with Crippen LogP contribution in [0.5, 0.6) is 0 Å². The van der Waals surface area contributed by atoms with Gasteiger partial charge >= 0.3 is 5.69 Å². The van der Waals surface area contributed by atoms with Gasteiger partial charge in [-0.15, -0.1) is 0 Å². The van der Waals surface area contributed by atoms with Crippen LogP contribution in [-0.2, 0) is 6.42 Å². The minimum Gasteiger partial charge on any atom is -0.384 e. The molecule has 9 heteroatoms. The van der Waals surface area contributed by atoms with Gasteiger partial charge in [-0.2, -0.15) is 4.37 Å². The molecule has 0 aliphatic rings. The van der Waals surface area contributed by atoms with Gasteiger partial charge in [-0.25, -0.2) is 9.97 Å². The standard InChI is InChI=1S/C9H9N5O2S2/c1-2-7-12-9(18-13-7)17-8-5(14(15)16)3-4-6(10)11-8/h3-4H,2H2,1H3,(H2,10,11). The van der Waals surface area contributed by atoms with E-state index in [1.54, 1.807) is 0 Å². The fourth-order valence-electron chi connectivity index (χ4n) is 1.17. The Morgan fingerprint density at radius 2 is 2.28 bits per heavy atom. The number of hydrogen-bond acceptors (Lipinski definition) is 8. The number of anilines is 1. The van der Waals surface area contributed by atoms with Crippen molar-refractivity contribution in [1.82, 2.24) is 14.3 Å². The average molecular weight is 283 g/mol. The van der Waals surface area contributed by atoms with Crippen LogP contribution in [0.3, 0.4) is 0 Å². The summed E-state index contributed by atoms with van der Waals surface area (Å²) in [4.78, 5) is 18.6. The molecule has 18 heavy (non-hydrogen) atoms. The van der Waals surface area contributed by atoms with Crippen molar-refractivity contribution >= 4 is 34.8 Å². The molecule has 94 valence electrons. The lowest BCUT2D eigenvalue weighted by Crippen LogP contribution is -1.97. The molecule has 0 aliphatic heterocycles. The second-order valence-corrected chi connectivity index (χ2v) is 5.24. The lowest BCUT2D eigenvalue weighted by Gasteiger charge is -1.99. The highest BCUT2D eigenvalue weighted by Gasteiger charge is 2.18. The highest BCUT2D eigenvalue weighted by molar-refractivity contribution is 8.01. The molecule has 0 spiro atoms. The molecule has 0 atom stereocenters.